The number of nitrogens with one attached hydrogen (secondary N) is 1. The molecule has 0 aliphatic carbocycles. The van der Waals surface area contributed by atoms with Crippen LogP contribution in [-0.4, -0.2) is 43.2 Å². The fourth-order valence-corrected chi connectivity index (χ4v) is 5.43. The topological polar surface area (TPSA) is 73.9 Å². The van der Waals surface area contributed by atoms with Crippen LogP contribution in [0.3, 0.4) is 0 Å². The summed E-state index contributed by atoms with van der Waals surface area (Å²) in [4.78, 5) is 25.2. The SMILES string of the molecule is C=CCOC(=O)C[C@@]1(CCO[Si](C)(C)C(C)(C)C)C(=O)N[C@@H]1SC(=S)Oc1ccccc1. The number of carbonyl (C=O) groups is 2. The molecule has 0 aromatic heterocycles. The van der Waals surface area contributed by atoms with Crippen LogP contribution in [0.4, 0.5) is 0 Å². The van der Waals surface area contributed by atoms with Gasteiger partial charge in [-0.25, -0.2) is 0 Å². The Labute approximate surface area is 201 Å². The molecule has 0 saturated carbocycles. The Morgan fingerprint density at radius 1 is 1.31 bits per heavy atom. The molecule has 1 saturated heterocycles. The first-order valence-electron chi connectivity index (χ1n) is 10.6. The van der Waals surface area contributed by atoms with Crippen LogP contribution in [0, 0.1) is 5.41 Å². The predicted octanol–water partition coefficient (Wildman–Crippen LogP) is 5.06. The number of hydrogen-bond donors (Lipinski definition) is 1. The molecule has 0 unspecified atom stereocenters. The van der Waals surface area contributed by atoms with Crippen molar-refractivity contribution in [2.75, 3.05) is 13.2 Å². The van der Waals surface area contributed by atoms with E-state index in [2.05, 4.69) is 45.8 Å². The molecule has 0 spiro atoms. The minimum atomic E-state index is -2.00. The van der Waals surface area contributed by atoms with Crippen molar-refractivity contribution in [3.63, 3.8) is 0 Å². The van der Waals surface area contributed by atoms with E-state index < -0.39 is 25.1 Å². The molecule has 6 nitrogen and oxygen atoms in total. The van der Waals surface area contributed by atoms with Crippen LogP contribution >= 0.6 is 24.0 Å². The van der Waals surface area contributed by atoms with E-state index in [4.69, 9.17) is 26.1 Å². The van der Waals surface area contributed by atoms with Gasteiger partial charge in [-0.05, 0) is 48.9 Å². The molecule has 9 heteroatoms. The van der Waals surface area contributed by atoms with Crippen molar-refractivity contribution in [1.29, 1.82) is 0 Å². The highest BCUT2D eigenvalue weighted by molar-refractivity contribution is 8.23. The van der Waals surface area contributed by atoms with Crippen LogP contribution in [-0.2, 0) is 18.8 Å². The lowest BCUT2D eigenvalue weighted by molar-refractivity contribution is -0.156. The summed E-state index contributed by atoms with van der Waals surface area (Å²) in [6.07, 6.45) is 1.83. The maximum Gasteiger partial charge on any atom is 0.307 e. The third-order valence-corrected chi connectivity index (χ3v) is 12.0. The first-order chi connectivity index (χ1) is 14.9. The Morgan fingerprint density at radius 3 is 2.53 bits per heavy atom. The number of rotatable bonds is 10. The Kier molecular flexibility index (Phi) is 9.10. The highest BCUT2D eigenvalue weighted by atomic mass is 32.2. The number of hydrogen-bond acceptors (Lipinski definition) is 7. The molecule has 1 aromatic carbocycles. The smallest absolute Gasteiger partial charge is 0.307 e. The van der Waals surface area contributed by atoms with Crippen LogP contribution in [0.1, 0.15) is 33.6 Å². The maximum atomic E-state index is 12.8. The van der Waals surface area contributed by atoms with Crippen LogP contribution in [0.5, 0.6) is 5.75 Å². The van der Waals surface area contributed by atoms with Crippen molar-refractivity contribution < 1.29 is 23.5 Å². The van der Waals surface area contributed by atoms with E-state index in [0.717, 1.165) is 0 Å². The fourth-order valence-electron chi connectivity index (χ4n) is 2.96. The van der Waals surface area contributed by atoms with Gasteiger partial charge in [0.25, 0.3) is 0 Å². The molecule has 0 radical (unpaired) electrons. The lowest BCUT2D eigenvalue weighted by Crippen LogP contribution is -2.67. The van der Waals surface area contributed by atoms with Crippen molar-refractivity contribution >= 4 is 48.6 Å². The second kappa shape index (κ2) is 11.0. The first-order valence-corrected chi connectivity index (χ1v) is 14.8. The number of carbonyl (C=O) groups excluding carboxylic acids is 2. The molecule has 2 rings (SSSR count). The zero-order valence-corrected chi connectivity index (χ0v) is 22.1. The highest BCUT2D eigenvalue weighted by Gasteiger charge is 2.57. The van der Waals surface area contributed by atoms with Crippen molar-refractivity contribution in [3.8, 4) is 5.75 Å². The molecule has 32 heavy (non-hydrogen) atoms. The number of ether oxygens (including phenoxy) is 2. The molecule has 1 aliphatic rings. The van der Waals surface area contributed by atoms with E-state index in [9.17, 15) is 9.59 Å². The van der Waals surface area contributed by atoms with E-state index in [-0.39, 0.29) is 28.4 Å². The predicted molar refractivity (Wildman–Crippen MR) is 135 cm³/mol. The van der Waals surface area contributed by atoms with E-state index in [1.165, 1.54) is 17.8 Å². The zero-order valence-electron chi connectivity index (χ0n) is 19.4. The van der Waals surface area contributed by atoms with E-state index in [1.54, 1.807) is 12.1 Å². The lowest BCUT2D eigenvalue weighted by atomic mass is 9.74. The third kappa shape index (κ3) is 6.66. The normalized spacial score (nSPS) is 20.7. The molecule has 1 aliphatic heterocycles. The molecule has 2 atom stereocenters. The number of para-hydroxylation sites is 1. The minimum absolute atomic E-state index is 0.0458. The Bertz CT molecular complexity index is 841. The van der Waals surface area contributed by atoms with Crippen LogP contribution in [0.15, 0.2) is 43.0 Å². The number of esters is 1. The van der Waals surface area contributed by atoms with Gasteiger partial charge in [0.2, 0.25) is 10.3 Å². The number of β-lactam (4-membered cyclic amide) rings is 1. The Hall–Kier alpha value is -1.68. The molecule has 1 amide bonds. The Morgan fingerprint density at radius 2 is 1.97 bits per heavy atom. The van der Waals surface area contributed by atoms with Crippen LogP contribution in [0.25, 0.3) is 0 Å². The number of benzene rings is 1. The summed E-state index contributed by atoms with van der Waals surface area (Å²) in [5, 5.41) is 2.51. The van der Waals surface area contributed by atoms with Crippen molar-refractivity contribution in [2.45, 2.75) is 57.1 Å². The summed E-state index contributed by atoms with van der Waals surface area (Å²) >= 11 is 6.62. The molecular formula is C23H33NO5S2Si. The Balaban J connectivity index is 2.12. The zero-order chi connectivity index (χ0) is 24.0. The maximum absolute atomic E-state index is 12.8. The van der Waals surface area contributed by atoms with Gasteiger partial charge < -0.3 is 19.2 Å². The van der Waals surface area contributed by atoms with Gasteiger partial charge in [-0.15, -0.1) is 0 Å². The van der Waals surface area contributed by atoms with Crippen molar-refractivity contribution in [1.82, 2.24) is 5.32 Å². The number of amides is 1. The summed E-state index contributed by atoms with van der Waals surface area (Å²) in [7, 11) is -2.00. The van der Waals surface area contributed by atoms with Gasteiger partial charge in [-0.3, -0.25) is 9.59 Å². The van der Waals surface area contributed by atoms with Gasteiger partial charge in [0.05, 0.1) is 17.2 Å². The van der Waals surface area contributed by atoms with E-state index >= 15 is 0 Å². The average molecular weight is 496 g/mol. The standard InChI is InChI=1S/C23H33NO5S2Si/c1-7-14-27-18(25)16-23(13-15-28-32(5,6)22(2,3)4)19(26)24-20(23)31-21(30)29-17-11-9-8-10-12-17/h7-12,20H,1,13-16H2,2-6H3,(H,24,26)/t20-,23+/m1/s1. The van der Waals surface area contributed by atoms with E-state index in [1.807, 2.05) is 18.2 Å². The van der Waals surface area contributed by atoms with Gasteiger partial charge in [-0.2, -0.15) is 0 Å². The number of thiocarbonyl (C=S) groups is 1. The molecule has 1 fully saturated rings. The number of thioether (sulfide) groups is 1. The third-order valence-electron chi connectivity index (χ3n) is 6.01. The summed E-state index contributed by atoms with van der Waals surface area (Å²) in [6.45, 7) is 14.8. The first kappa shape index (κ1) is 26.6. The van der Waals surface area contributed by atoms with Gasteiger partial charge in [0.1, 0.15) is 12.4 Å². The van der Waals surface area contributed by atoms with E-state index in [0.29, 0.717) is 18.8 Å². The van der Waals surface area contributed by atoms with Gasteiger partial charge >= 0.3 is 5.97 Å². The fraction of sp³-hybridized carbons (Fsp3) is 0.522. The average Bonchev–Trinajstić information content (AvgIpc) is 2.71. The second-order valence-electron chi connectivity index (χ2n) is 9.30. The quantitative estimate of drug-likeness (QED) is 0.160. The molecule has 0 bridgehead atoms. The molecule has 1 heterocycles. The largest absolute Gasteiger partial charge is 0.461 e. The van der Waals surface area contributed by atoms with Gasteiger partial charge in [0.15, 0.2) is 8.32 Å². The molecular weight excluding hydrogens is 462 g/mol. The molecule has 176 valence electrons. The summed E-state index contributed by atoms with van der Waals surface area (Å²) in [6, 6.07) is 9.20. The monoisotopic (exact) mass is 495 g/mol. The van der Waals surface area contributed by atoms with Gasteiger partial charge in [-0.1, -0.05) is 63.4 Å². The van der Waals surface area contributed by atoms with Crippen LogP contribution in [0.2, 0.25) is 18.1 Å². The summed E-state index contributed by atoms with van der Waals surface area (Å²) < 4.78 is 17.5. The van der Waals surface area contributed by atoms with Crippen molar-refractivity contribution in [2.24, 2.45) is 5.41 Å². The van der Waals surface area contributed by atoms with Crippen molar-refractivity contribution in [3.05, 3.63) is 43.0 Å². The molecule has 1 aromatic rings. The minimum Gasteiger partial charge on any atom is -0.461 e. The van der Waals surface area contributed by atoms with Crippen LogP contribution < -0.4 is 10.1 Å². The highest BCUT2D eigenvalue weighted by Crippen LogP contribution is 2.46. The summed E-state index contributed by atoms with van der Waals surface area (Å²) in [5.74, 6) is -0.0348. The molecule has 1 N–H and O–H groups in total. The lowest BCUT2D eigenvalue weighted by Gasteiger charge is -2.48. The second-order valence-corrected chi connectivity index (χ2v) is 15.8. The summed E-state index contributed by atoms with van der Waals surface area (Å²) in [5.41, 5.74) is -0.977. The van der Waals surface area contributed by atoms with Gasteiger partial charge in [0, 0.05) is 6.61 Å².